The maximum atomic E-state index is 5.06. The zero-order valence-electron chi connectivity index (χ0n) is 5.17. The molecule has 0 saturated carbocycles. The van der Waals surface area contributed by atoms with E-state index in [1.54, 1.807) is 0 Å². The number of aliphatic imine (C=N–C) groups is 2. The van der Waals surface area contributed by atoms with Crippen molar-refractivity contribution in [1.29, 1.82) is 0 Å². The monoisotopic (exact) mass is 126 g/mol. The quantitative estimate of drug-likeness (QED) is 0.322. The summed E-state index contributed by atoms with van der Waals surface area (Å²) in [6.07, 6.45) is 1.27. The summed E-state index contributed by atoms with van der Waals surface area (Å²) in [5.74, 6) is 0.795. The zero-order valence-corrected chi connectivity index (χ0v) is 5.17. The summed E-state index contributed by atoms with van der Waals surface area (Å²) < 4.78 is 0. The second-order valence-electron chi connectivity index (χ2n) is 1.75. The molecule has 1 heterocycles. The van der Waals surface area contributed by atoms with Crippen molar-refractivity contribution in [3.05, 3.63) is 0 Å². The Balaban J connectivity index is 2.46. The van der Waals surface area contributed by atoms with Crippen LogP contribution in [-0.2, 0) is 0 Å². The molecule has 0 aromatic carbocycles. The van der Waals surface area contributed by atoms with E-state index in [0.29, 0.717) is 0 Å². The highest BCUT2D eigenvalue weighted by Crippen LogP contribution is 1.84. The molecule has 0 amide bonds. The number of nitrogens with zero attached hydrogens (tertiary/aromatic N) is 2. The average Bonchev–Trinajstić information content (AvgIpc) is 1.91. The van der Waals surface area contributed by atoms with Gasteiger partial charge in [0.1, 0.15) is 5.84 Å². The molecule has 0 atom stereocenters. The Bertz CT molecular complexity index is 138. The average molecular weight is 126 g/mol. The maximum absolute atomic E-state index is 5.06. The molecule has 1 aliphatic heterocycles. The van der Waals surface area contributed by atoms with Crippen LogP contribution >= 0.6 is 0 Å². The number of hydrogen-bond acceptors (Lipinski definition) is 3. The summed E-state index contributed by atoms with van der Waals surface area (Å²) in [5.41, 5.74) is 5.06. The van der Waals surface area contributed by atoms with Gasteiger partial charge in [-0.3, -0.25) is 4.99 Å². The summed E-state index contributed by atoms with van der Waals surface area (Å²) in [5, 5.41) is 3.12. The molecule has 0 radical (unpaired) electrons. The number of rotatable bonds is 0. The minimum Gasteiger partial charge on any atom is -0.390 e. The van der Waals surface area contributed by atoms with Gasteiger partial charge in [-0.2, -0.15) is 0 Å². The van der Waals surface area contributed by atoms with Gasteiger partial charge in [-0.05, 0) is 0 Å². The van der Waals surface area contributed by atoms with Gasteiger partial charge in [0, 0.05) is 6.54 Å². The summed E-state index contributed by atoms with van der Waals surface area (Å²) >= 11 is 0. The molecule has 1 rings (SSSR count). The van der Waals surface area contributed by atoms with Crippen molar-refractivity contribution in [3.8, 4) is 0 Å². The van der Waals surface area contributed by atoms with E-state index >= 15 is 0 Å². The molecule has 0 aliphatic carbocycles. The highest BCUT2D eigenvalue weighted by atomic mass is 15.0. The highest BCUT2D eigenvalue weighted by Gasteiger charge is 1.99. The molecule has 3 N–H and O–H groups in total. The van der Waals surface area contributed by atoms with Crippen molar-refractivity contribution in [2.24, 2.45) is 15.7 Å². The Labute approximate surface area is 53.9 Å². The summed E-state index contributed by atoms with van der Waals surface area (Å²) in [7, 11) is 0. The van der Waals surface area contributed by atoms with Crippen LogP contribution in [-0.4, -0.2) is 31.8 Å². The first-order valence-electron chi connectivity index (χ1n) is 2.92. The molecular formula is C5H10N4. The van der Waals surface area contributed by atoms with E-state index in [-0.39, 0.29) is 0 Å². The van der Waals surface area contributed by atoms with Gasteiger partial charge in [-0.1, -0.05) is 0 Å². The summed E-state index contributed by atoms with van der Waals surface area (Å²) in [6, 6.07) is 0. The Kier molecular flexibility index (Phi) is 2.21. The molecule has 0 bridgehead atoms. The Morgan fingerprint density at radius 3 is 3.22 bits per heavy atom. The van der Waals surface area contributed by atoms with Gasteiger partial charge in [0.05, 0.1) is 19.4 Å². The summed E-state index contributed by atoms with van der Waals surface area (Å²) in [4.78, 5) is 7.92. The second-order valence-corrected chi connectivity index (χ2v) is 1.75. The third-order valence-electron chi connectivity index (χ3n) is 1.09. The highest BCUT2D eigenvalue weighted by molar-refractivity contribution is 5.90. The van der Waals surface area contributed by atoms with Crippen LogP contribution in [0.4, 0.5) is 0 Å². The predicted molar refractivity (Wildman–Crippen MR) is 37.9 cm³/mol. The Hall–Kier alpha value is -0.900. The molecule has 0 saturated heterocycles. The molecule has 0 unspecified atom stereocenters. The van der Waals surface area contributed by atoms with E-state index in [9.17, 15) is 0 Å². The van der Waals surface area contributed by atoms with Gasteiger partial charge in [-0.25, -0.2) is 4.99 Å². The van der Waals surface area contributed by atoms with E-state index in [1.165, 1.54) is 6.34 Å². The fourth-order valence-electron chi connectivity index (χ4n) is 0.693. The van der Waals surface area contributed by atoms with Crippen LogP contribution < -0.4 is 11.1 Å². The van der Waals surface area contributed by atoms with Crippen molar-refractivity contribution < 1.29 is 0 Å². The van der Waals surface area contributed by atoms with Crippen LogP contribution in [0.1, 0.15) is 0 Å². The molecule has 0 aromatic heterocycles. The molecule has 9 heavy (non-hydrogen) atoms. The SMILES string of the molecule is NC=NC1=NCCNC1. The van der Waals surface area contributed by atoms with Crippen LogP contribution in [0.5, 0.6) is 0 Å². The van der Waals surface area contributed by atoms with Crippen molar-refractivity contribution in [2.75, 3.05) is 19.6 Å². The minimum absolute atomic E-state index is 0.744. The largest absolute Gasteiger partial charge is 0.390 e. The lowest BCUT2D eigenvalue weighted by Gasteiger charge is -2.07. The van der Waals surface area contributed by atoms with Crippen LogP contribution in [0.25, 0.3) is 0 Å². The minimum atomic E-state index is 0.744. The molecule has 4 heteroatoms. The van der Waals surface area contributed by atoms with Crippen LogP contribution in [0.2, 0.25) is 0 Å². The molecule has 0 fully saturated rings. The Morgan fingerprint density at radius 1 is 1.78 bits per heavy atom. The number of nitrogens with two attached hydrogens (primary N) is 1. The first-order valence-corrected chi connectivity index (χ1v) is 2.92. The maximum Gasteiger partial charge on any atom is 0.139 e. The van der Waals surface area contributed by atoms with Crippen molar-refractivity contribution in [1.82, 2.24) is 5.32 Å². The predicted octanol–water partition coefficient (Wildman–Crippen LogP) is -1.02. The molecule has 50 valence electrons. The first kappa shape index (κ1) is 6.22. The molecule has 1 aliphatic rings. The number of hydrogen-bond donors (Lipinski definition) is 2. The van der Waals surface area contributed by atoms with E-state index in [0.717, 1.165) is 25.5 Å². The van der Waals surface area contributed by atoms with Gasteiger partial charge in [-0.15, -0.1) is 0 Å². The fraction of sp³-hybridized carbons (Fsp3) is 0.600. The van der Waals surface area contributed by atoms with Crippen LogP contribution in [0.3, 0.4) is 0 Å². The number of amidine groups is 1. The van der Waals surface area contributed by atoms with Gasteiger partial charge < -0.3 is 11.1 Å². The summed E-state index contributed by atoms with van der Waals surface area (Å²) in [6.45, 7) is 2.50. The van der Waals surface area contributed by atoms with E-state index in [1.807, 2.05) is 0 Å². The fourth-order valence-corrected chi connectivity index (χ4v) is 0.693. The second kappa shape index (κ2) is 3.19. The van der Waals surface area contributed by atoms with Crippen molar-refractivity contribution in [3.63, 3.8) is 0 Å². The standard InChI is InChI=1S/C5H10N4/c6-4-9-5-3-7-1-2-8-5/h4,7H,1-3H2,(H2,6,8,9). The van der Waals surface area contributed by atoms with Gasteiger partial charge in [0.15, 0.2) is 0 Å². The number of nitrogens with one attached hydrogen (secondary N) is 1. The molecular weight excluding hydrogens is 116 g/mol. The van der Waals surface area contributed by atoms with Crippen LogP contribution in [0.15, 0.2) is 9.98 Å². The van der Waals surface area contributed by atoms with Gasteiger partial charge in [0.25, 0.3) is 0 Å². The van der Waals surface area contributed by atoms with Crippen molar-refractivity contribution >= 4 is 12.2 Å². The van der Waals surface area contributed by atoms with E-state index in [4.69, 9.17) is 5.73 Å². The molecule has 0 spiro atoms. The smallest absolute Gasteiger partial charge is 0.139 e. The topological polar surface area (TPSA) is 62.8 Å². The zero-order chi connectivity index (χ0) is 6.53. The lowest BCUT2D eigenvalue weighted by molar-refractivity contribution is 0.732. The normalized spacial score (nSPS) is 20.2. The third-order valence-corrected chi connectivity index (χ3v) is 1.09. The lowest BCUT2D eigenvalue weighted by Crippen LogP contribution is -2.29. The lowest BCUT2D eigenvalue weighted by atomic mass is 10.4. The van der Waals surface area contributed by atoms with Crippen LogP contribution in [0, 0.1) is 0 Å². The first-order chi connectivity index (χ1) is 4.43. The van der Waals surface area contributed by atoms with Crippen molar-refractivity contribution in [2.45, 2.75) is 0 Å². The Morgan fingerprint density at radius 2 is 2.67 bits per heavy atom. The van der Waals surface area contributed by atoms with Gasteiger partial charge in [0.2, 0.25) is 0 Å². The van der Waals surface area contributed by atoms with E-state index in [2.05, 4.69) is 15.3 Å². The molecule has 4 nitrogen and oxygen atoms in total. The van der Waals surface area contributed by atoms with E-state index < -0.39 is 0 Å². The van der Waals surface area contributed by atoms with Gasteiger partial charge >= 0.3 is 0 Å². The third kappa shape index (κ3) is 1.81. The molecule has 0 aromatic rings.